The number of imidazole rings is 1. The van der Waals surface area contributed by atoms with Gasteiger partial charge >= 0.3 is 0 Å². The van der Waals surface area contributed by atoms with Crippen molar-refractivity contribution >= 4 is 5.84 Å². The first-order valence-corrected chi connectivity index (χ1v) is 11.2. The maximum Gasteiger partial charge on any atom is 0.194 e. The van der Waals surface area contributed by atoms with E-state index in [2.05, 4.69) is 16.2 Å². The maximum absolute atomic E-state index is 13.9. The fraction of sp³-hybridized carbons (Fsp3) is 0.360. The monoisotopic (exact) mass is 470 g/mol. The second-order valence-electron chi connectivity index (χ2n) is 8.72. The zero-order valence-corrected chi connectivity index (χ0v) is 19.0. The van der Waals surface area contributed by atoms with E-state index < -0.39 is 23.5 Å². The van der Waals surface area contributed by atoms with Crippen LogP contribution in [0.25, 0.3) is 5.69 Å². The van der Waals surface area contributed by atoms with Gasteiger partial charge in [-0.25, -0.2) is 18.2 Å². The normalized spacial score (nSPS) is 19.9. The van der Waals surface area contributed by atoms with E-state index in [-0.39, 0.29) is 12.5 Å². The molecule has 0 bridgehead atoms. The van der Waals surface area contributed by atoms with Gasteiger partial charge in [-0.3, -0.25) is 0 Å². The molecule has 9 heteroatoms. The quantitative estimate of drug-likeness (QED) is 0.496. The minimum Gasteiger partial charge on any atom is -0.495 e. The molecule has 0 N–H and O–H groups in total. The highest BCUT2D eigenvalue weighted by molar-refractivity contribution is 5.86. The van der Waals surface area contributed by atoms with Crippen molar-refractivity contribution in [1.29, 1.82) is 0 Å². The topological polar surface area (TPSA) is 51.9 Å². The summed E-state index contributed by atoms with van der Waals surface area (Å²) in [5, 5.41) is 4.32. The Morgan fingerprint density at radius 3 is 2.65 bits per heavy atom. The van der Waals surface area contributed by atoms with Crippen molar-refractivity contribution < 1.29 is 22.7 Å². The number of benzene rings is 2. The lowest BCUT2D eigenvalue weighted by atomic mass is 9.88. The number of hydrogen-bond donors (Lipinski definition) is 0. The van der Waals surface area contributed by atoms with Crippen LogP contribution < -0.4 is 4.74 Å². The van der Waals surface area contributed by atoms with Gasteiger partial charge in [-0.15, -0.1) is 0 Å². The molecule has 2 atom stereocenters. The largest absolute Gasteiger partial charge is 0.495 e. The number of nitrogens with zero attached hydrogens (tertiary/aromatic N) is 4. The third-order valence-corrected chi connectivity index (χ3v) is 6.48. The number of methoxy groups -OCH3 is 1. The number of piperidine rings is 1. The molecule has 2 aliphatic rings. The average molecular weight is 470 g/mol. The van der Waals surface area contributed by atoms with Gasteiger partial charge in [0, 0.05) is 18.7 Å². The van der Waals surface area contributed by atoms with Crippen LogP contribution in [0.3, 0.4) is 0 Å². The lowest BCUT2D eigenvalue weighted by Gasteiger charge is -2.42. The summed E-state index contributed by atoms with van der Waals surface area (Å²) in [6.45, 7) is 2.76. The van der Waals surface area contributed by atoms with Gasteiger partial charge in [-0.1, -0.05) is 11.2 Å². The first kappa shape index (κ1) is 22.3. The van der Waals surface area contributed by atoms with E-state index in [0.717, 1.165) is 53.5 Å². The van der Waals surface area contributed by atoms with Gasteiger partial charge in [0.2, 0.25) is 0 Å². The summed E-state index contributed by atoms with van der Waals surface area (Å²) >= 11 is 0. The zero-order chi connectivity index (χ0) is 23.8. The molecule has 0 spiro atoms. The molecule has 6 nitrogen and oxygen atoms in total. The van der Waals surface area contributed by atoms with Crippen LogP contribution in [0.5, 0.6) is 5.75 Å². The average Bonchev–Trinajstić information content (AvgIpc) is 3.28. The fourth-order valence-electron chi connectivity index (χ4n) is 4.83. The van der Waals surface area contributed by atoms with Crippen LogP contribution >= 0.6 is 0 Å². The second-order valence-corrected chi connectivity index (χ2v) is 8.72. The highest BCUT2D eigenvalue weighted by Gasteiger charge is 2.36. The van der Waals surface area contributed by atoms with Crippen LogP contribution in [0.2, 0.25) is 0 Å². The summed E-state index contributed by atoms with van der Waals surface area (Å²) in [5.41, 5.74) is 3.23. The van der Waals surface area contributed by atoms with Gasteiger partial charge in [0.05, 0.1) is 30.9 Å². The molecule has 1 aromatic heterocycles. The van der Waals surface area contributed by atoms with Crippen molar-refractivity contribution in [2.75, 3.05) is 20.3 Å². The van der Waals surface area contributed by atoms with E-state index >= 15 is 0 Å². The van der Waals surface area contributed by atoms with E-state index in [1.54, 1.807) is 13.4 Å². The number of oxime groups is 1. The predicted octanol–water partition coefficient (Wildman–Crippen LogP) is 4.95. The molecule has 0 saturated carbocycles. The molecule has 3 aromatic rings. The number of hydrogen-bond acceptors (Lipinski definition) is 5. The molecule has 5 rings (SSSR count). The Morgan fingerprint density at radius 2 is 1.94 bits per heavy atom. The Balaban J connectivity index is 1.39. The molecular weight excluding hydrogens is 445 g/mol. The summed E-state index contributed by atoms with van der Waals surface area (Å²) in [6.07, 6.45) is 6.20. The molecule has 0 aliphatic carbocycles. The SMILES string of the molecule is COc1cc(CC2CCCN3C2=NOC[C@@H]3c2cc(F)c(F)c(F)c2)ccc1-n1cnc(C)c1. The molecular formula is C25H25F3N4O2. The highest BCUT2D eigenvalue weighted by atomic mass is 19.2. The molecule has 2 aliphatic heterocycles. The van der Waals surface area contributed by atoms with Gasteiger partial charge in [0.15, 0.2) is 17.5 Å². The van der Waals surface area contributed by atoms with Gasteiger partial charge in [-0.05, 0) is 61.6 Å². The standard InChI is InChI=1S/C25H25F3N4O2/c1-15-12-31(14-29-15)21-6-5-16(9-23(21)33-2)8-17-4-3-7-32-22(13-34-30-25(17)32)18-10-19(26)24(28)20(27)11-18/h5-6,9-12,14,17,22H,3-4,7-8,13H2,1-2H3/t17?,22-/m1/s1. The van der Waals surface area contributed by atoms with Gasteiger partial charge < -0.3 is 19.0 Å². The predicted molar refractivity (Wildman–Crippen MR) is 120 cm³/mol. The number of aryl methyl sites for hydroxylation is 1. The van der Waals surface area contributed by atoms with Crippen LogP contribution in [0.1, 0.15) is 35.7 Å². The maximum atomic E-state index is 13.9. The molecule has 2 aromatic carbocycles. The van der Waals surface area contributed by atoms with Crippen molar-refractivity contribution in [3.8, 4) is 11.4 Å². The lowest BCUT2D eigenvalue weighted by molar-refractivity contribution is 0.0472. The minimum atomic E-state index is -1.46. The van der Waals surface area contributed by atoms with Crippen molar-refractivity contribution in [2.24, 2.45) is 11.1 Å². The number of aromatic nitrogens is 2. The van der Waals surface area contributed by atoms with E-state index in [1.165, 1.54) is 0 Å². The lowest BCUT2D eigenvalue weighted by Crippen LogP contribution is -2.47. The van der Waals surface area contributed by atoms with Gasteiger partial charge in [-0.2, -0.15) is 0 Å². The van der Waals surface area contributed by atoms with Crippen molar-refractivity contribution in [3.05, 3.63) is 77.1 Å². The van der Waals surface area contributed by atoms with Crippen LogP contribution in [0.4, 0.5) is 13.2 Å². The Kier molecular flexibility index (Phi) is 5.93. The summed E-state index contributed by atoms with van der Waals surface area (Å²) in [6, 6.07) is 7.72. The molecule has 1 saturated heterocycles. The first-order chi connectivity index (χ1) is 16.4. The molecule has 0 radical (unpaired) electrons. The second kappa shape index (κ2) is 9.04. The smallest absolute Gasteiger partial charge is 0.194 e. The number of ether oxygens (including phenoxy) is 1. The molecule has 1 unspecified atom stereocenters. The zero-order valence-electron chi connectivity index (χ0n) is 19.0. The van der Waals surface area contributed by atoms with Crippen LogP contribution in [0, 0.1) is 30.3 Å². The first-order valence-electron chi connectivity index (χ1n) is 11.2. The fourth-order valence-corrected chi connectivity index (χ4v) is 4.83. The van der Waals surface area contributed by atoms with Crippen molar-refractivity contribution in [3.63, 3.8) is 0 Å². The number of amidine groups is 1. The van der Waals surface area contributed by atoms with Crippen LogP contribution in [-0.2, 0) is 11.3 Å². The van der Waals surface area contributed by atoms with Crippen molar-refractivity contribution in [2.45, 2.75) is 32.2 Å². The molecule has 3 heterocycles. The molecule has 1 fully saturated rings. The number of rotatable bonds is 5. The number of fused-ring (bicyclic) bond motifs is 1. The summed E-state index contributed by atoms with van der Waals surface area (Å²) < 4.78 is 48.8. The summed E-state index contributed by atoms with van der Waals surface area (Å²) in [4.78, 5) is 11.8. The third-order valence-electron chi connectivity index (χ3n) is 6.48. The molecule has 34 heavy (non-hydrogen) atoms. The van der Waals surface area contributed by atoms with E-state index in [4.69, 9.17) is 9.57 Å². The van der Waals surface area contributed by atoms with Crippen LogP contribution in [0.15, 0.2) is 48.0 Å². The Morgan fingerprint density at radius 1 is 1.15 bits per heavy atom. The Labute approximate surface area is 195 Å². The highest BCUT2D eigenvalue weighted by Crippen LogP contribution is 2.35. The van der Waals surface area contributed by atoms with E-state index in [9.17, 15) is 13.2 Å². The van der Waals surface area contributed by atoms with Crippen molar-refractivity contribution in [1.82, 2.24) is 14.5 Å². The summed E-state index contributed by atoms with van der Waals surface area (Å²) in [7, 11) is 1.64. The summed E-state index contributed by atoms with van der Waals surface area (Å²) in [5.74, 6) is -2.31. The number of halogens is 3. The van der Waals surface area contributed by atoms with Crippen LogP contribution in [-0.4, -0.2) is 40.5 Å². The third kappa shape index (κ3) is 4.10. The molecule has 0 amide bonds. The minimum absolute atomic E-state index is 0.0673. The van der Waals surface area contributed by atoms with Gasteiger partial charge in [0.1, 0.15) is 18.2 Å². The Bertz CT molecular complexity index is 1220. The van der Waals surface area contributed by atoms with E-state index in [1.807, 2.05) is 34.7 Å². The Hall–Kier alpha value is -3.49. The van der Waals surface area contributed by atoms with Gasteiger partial charge in [0.25, 0.3) is 0 Å². The van der Waals surface area contributed by atoms with E-state index in [0.29, 0.717) is 18.5 Å². The molecule has 178 valence electrons.